The molecule has 0 unspecified atom stereocenters. The molecule has 0 aliphatic carbocycles. The zero-order valence-corrected chi connectivity index (χ0v) is 20.5. The van der Waals surface area contributed by atoms with Gasteiger partial charge in [0.25, 0.3) is 0 Å². The smallest absolute Gasteiger partial charge is 0.374 e. The average Bonchev–Trinajstić information content (AvgIpc) is 2.88. The monoisotopic (exact) mass is 519 g/mol. The molecule has 2 aliphatic heterocycles. The predicted octanol–water partition coefficient (Wildman–Crippen LogP) is 2.80. The normalized spacial score (nSPS) is 16.6. The van der Waals surface area contributed by atoms with Crippen LogP contribution in [0.3, 0.4) is 0 Å². The van der Waals surface area contributed by atoms with Crippen molar-refractivity contribution in [1.29, 1.82) is 0 Å². The SMILES string of the molecule is CC(=O)C(=O)OC[C@@H](NC(=O)N1CCc2cnc(NC3CCOCC3)nc2C1)c1ccc(F)c(Cl)c1. The Hall–Kier alpha value is -3.31. The van der Waals surface area contributed by atoms with Crippen LogP contribution in [-0.2, 0) is 32.0 Å². The highest BCUT2D eigenvalue weighted by Crippen LogP contribution is 2.23. The molecule has 12 heteroatoms. The highest BCUT2D eigenvalue weighted by Gasteiger charge is 2.27. The number of hydrogen-bond acceptors (Lipinski definition) is 8. The van der Waals surface area contributed by atoms with Gasteiger partial charge in [-0.1, -0.05) is 17.7 Å². The van der Waals surface area contributed by atoms with E-state index in [2.05, 4.69) is 20.6 Å². The van der Waals surface area contributed by atoms with Crippen molar-refractivity contribution >= 4 is 35.3 Å². The van der Waals surface area contributed by atoms with Crippen LogP contribution in [0.25, 0.3) is 0 Å². The minimum atomic E-state index is -1.03. The number of nitrogens with zero attached hydrogens (tertiary/aromatic N) is 3. The highest BCUT2D eigenvalue weighted by atomic mass is 35.5. The molecule has 0 saturated carbocycles. The van der Waals surface area contributed by atoms with Crippen molar-refractivity contribution in [2.45, 2.75) is 44.8 Å². The minimum absolute atomic E-state index is 0.141. The summed E-state index contributed by atoms with van der Waals surface area (Å²) in [6.07, 6.45) is 4.10. The number of amides is 2. The molecule has 4 rings (SSSR count). The maximum Gasteiger partial charge on any atom is 0.374 e. The van der Waals surface area contributed by atoms with E-state index in [0.717, 1.165) is 37.1 Å². The molecule has 1 aromatic heterocycles. The van der Waals surface area contributed by atoms with Gasteiger partial charge >= 0.3 is 12.0 Å². The van der Waals surface area contributed by atoms with Crippen LogP contribution in [0.4, 0.5) is 15.1 Å². The second-order valence-electron chi connectivity index (χ2n) is 8.70. The van der Waals surface area contributed by atoms with Gasteiger partial charge < -0.3 is 25.0 Å². The molecule has 10 nitrogen and oxygen atoms in total. The fourth-order valence-corrected chi connectivity index (χ4v) is 4.21. The summed E-state index contributed by atoms with van der Waals surface area (Å²) >= 11 is 5.91. The third-order valence-electron chi connectivity index (χ3n) is 6.10. The number of benzene rings is 1. The number of aromatic nitrogens is 2. The molecule has 0 radical (unpaired) electrons. The summed E-state index contributed by atoms with van der Waals surface area (Å²) in [5, 5.41) is 5.99. The molecule has 1 fully saturated rings. The summed E-state index contributed by atoms with van der Waals surface area (Å²) in [5.74, 6) is -1.91. The van der Waals surface area contributed by atoms with Crippen LogP contribution < -0.4 is 10.6 Å². The predicted molar refractivity (Wildman–Crippen MR) is 128 cm³/mol. The first-order valence-corrected chi connectivity index (χ1v) is 12.0. The maximum atomic E-state index is 13.7. The topological polar surface area (TPSA) is 123 Å². The lowest BCUT2D eigenvalue weighted by molar-refractivity contribution is -0.153. The highest BCUT2D eigenvalue weighted by molar-refractivity contribution is 6.32. The quantitative estimate of drug-likeness (QED) is 0.423. The number of urea groups is 1. The first kappa shape index (κ1) is 25.8. The molecule has 2 N–H and O–H groups in total. The second-order valence-corrected chi connectivity index (χ2v) is 9.11. The van der Waals surface area contributed by atoms with Crippen molar-refractivity contribution in [3.63, 3.8) is 0 Å². The van der Waals surface area contributed by atoms with E-state index in [-0.39, 0.29) is 24.2 Å². The molecule has 192 valence electrons. The summed E-state index contributed by atoms with van der Waals surface area (Å²) < 4.78 is 24.1. The minimum Gasteiger partial charge on any atom is -0.457 e. The largest absolute Gasteiger partial charge is 0.457 e. The van der Waals surface area contributed by atoms with Crippen LogP contribution in [0.2, 0.25) is 5.02 Å². The standard InChI is InChI=1S/C24H27ClFN5O5/c1-14(32)22(33)36-13-21(15-2-3-19(26)18(25)10-15)30-24(34)31-7-4-16-11-27-23(29-20(16)12-31)28-17-5-8-35-9-6-17/h2-3,10-11,17,21H,4-9,12-13H2,1H3,(H,30,34)(H,27,28,29)/t21-/m1/s1. The van der Waals surface area contributed by atoms with Crippen molar-refractivity contribution in [2.24, 2.45) is 0 Å². The molecule has 3 heterocycles. The van der Waals surface area contributed by atoms with Gasteiger partial charge in [0.1, 0.15) is 12.4 Å². The number of halogens is 2. The van der Waals surface area contributed by atoms with Crippen molar-refractivity contribution in [3.05, 3.63) is 52.1 Å². The molecule has 2 aromatic rings. The van der Waals surface area contributed by atoms with Crippen LogP contribution in [0.5, 0.6) is 0 Å². The van der Waals surface area contributed by atoms with E-state index in [1.165, 1.54) is 12.1 Å². The Balaban J connectivity index is 1.45. The van der Waals surface area contributed by atoms with E-state index < -0.39 is 29.6 Å². The molecule has 1 atom stereocenters. The number of carbonyl (C=O) groups excluding carboxylic acids is 3. The molecule has 0 bridgehead atoms. The van der Waals surface area contributed by atoms with Crippen molar-refractivity contribution in [1.82, 2.24) is 20.2 Å². The second kappa shape index (κ2) is 11.6. The van der Waals surface area contributed by atoms with Gasteiger partial charge in [0, 0.05) is 38.9 Å². The van der Waals surface area contributed by atoms with Crippen LogP contribution in [0, 0.1) is 5.82 Å². The maximum absolute atomic E-state index is 13.7. The number of anilines is 1. The number of hydrogen-bond donors (Lipinski definition) is 2. The Morgan fingerprint density at radius 2 is 2.08 bits per heavy atom. The zero-order chi connectivity index (χ0) is 25.7. The number of carbonyl (C=O) groups is 3. The van der Waals surface area contributed by atoms with Crippen LogP contribution in [-0.4, -0.2) is 65.1 Å². The van der Waals surface area contributed by atoms with E-state index in [4.69, 9.17) is 21.1 Å². The van der Waals surface area contributed by atoms with Gasteiger partial charge in [-0.2, -0.15) is 0 Å². The summed E-state index contributed by atoms with van der Waals surface area (Å²) in [4.78, 5) is 46.7. The van der Waals surface area contributed by atoms with E-state index in [1.807, 2.05) is 0 Å². The van der Waals surface area contributed by atoms with E-state index in [0.29, 0.717) is 37.7 Å². The Bertz CT molecular complexity index is 1140. The number of ether oxygens (including phenoxy) is 2. The van der Waals surface area contributed by atoms with Crippen LogP contribution >= 0.6 is 11.6 Å². The van der Waals surface area contributed by atoms with Crippen molar-refractivity contribution < 1.29 is 28.2 Å². The third kappa shape index (κ3) is 6.46. The summed E-state index contributed by atoms with van der Waals surface area (Å²) in [7, 11) is 0. The lowest BCUT2D eigenvalue weighted by Crippen LogP contribution is -2.45. The van der Waals surface area contributed by atoms with E-state index in [9.17, 15) is 18.8 Å². The van der Waals surface area contributed by atoms with Crippen molar-refractivity contribution in [2.75, 3.05) is 31.7 Å². The molecule has 1 aromatic carbocycles. The van der Waals surface area contributed by atoms with Gasteiger partial charge in [0.2, 0.25) is 11.7 Å². The number of Topliss-reactive ketones (excluding diaryl/α,β-unsaturated/α-hetero) is 1. The van der Waals surface area contributed by atoms with E-state index >= 15 is 0 Å². The average molecular weight is 520 g/mol. The number of esters is 1. The lowest BCUT2D eigenvalue weighted by Gasteiger charge is -2.30. The lowest BCUT2D eigenvalue weighted by atomic mass is 10.1. The van der Waals surface area contributed by atoms with Crippen molar-refractivity contribution in [3.8, 4) is 0 Å². The molecule has 0 spiro atoms. The Kier molecular flexibility index (Phi) is 8.32. The Morgan fingerprint density at radius 3 is 2.81 bits per heavy atom. The molecular weight excluding hydrogens is 493 g/mol. The first-order valence-electron chi connectivity index (χ1n) is 11.7. The number of rotatable bonds is 7. The van der Waals surface area contributed by atoms with E-state index in [1.54, 1.807) is 11.1 Å². The van der Waals surface area contributed by atoms with Crippen LogP contribution in [0.1, 0.15) is 42.6 Å². The molecule has 36 heavy (non-hydrogen) atoms. The third-order valence-corrected chi connectivity index (χ3v) is 6.39. The first-order chi connectivity index (χ1) is 17.3. The fraction of sp³-hybridized carbons (Fsp3) is 0.458. The van der Waals surface area contributed by atoms with Gasteiger partial charge in [-0.3, -0.25) is 4.79 Å². The molecule has 2 aliphatic rings. The molecule has 1 saturated heterocycles. The molecular formula is C24H27ClFN5O5. The number of nitrogens with one attached hydrogen (secondary N) is 2. The number of fused-ring (bicyclic) bond motifs is 1. The number of ketones is 1. The Morgan fingerprint density at radius 1 is 1.31 bits per heavy atom. The summed E-state index contributed by atoms with van der Waals surface area (Å²) in [6.45, 7) is 2.84. The summed E-state index contributed by atoms with van der Waals surface area (Å²) in [5.41, 5.74) is 2.13. The van der Waals surface area contributed by atoms with Crippen LogP contribution in [0.15, 0.2) is 24.4 Å². The van der Waals surface area contributed by atoms with Gasteiger partial charge in [-0.25, -0.2) is 23.9 Å². The summed E-state index contributed by atoms with van der Waals surface area (Å²) in [6, 6.07) is 2.89. The fourth-order valence-electron chi connectivity index (χ4n) is 4.02. The van der Waals surface area contributed by atoms with Gasteiger partial charge in [0.15, 0.2) is 0 Å². The van der Waals surface area contributed by atoms with Gasteiger partial charge in [-0.05, 0) is 42.5 Å². The van der Waals surface area contributed by atoms with Gasteiger partial charge in [-0.15, -0.1) is 0 Å². The van der Waals surface area contributed by atoms with Gasteiger partial charge in [0.05, 0.1) is 23.3 Å². The molecule has 2 amide bonds. The zero-order valence-electron chi connectivity index (χ0n) is 19.8. The Labute approximate surface area is 212 Å².